The van der Waals surface area contributed by atoms with Gasteiger partial charge in [0.1, 0.15) is 5.69 Å². The second-order valence-electron chi connectivity index (χ2n) is 8.04. The largest absolute Gasteiger partial charge is 0.356 e. The quantitative estimate of drug-likeness (QED) is 0.657. The summed E-state index contributed by atoms with van der Waals surface area (Å²) in [4.78, 5) is 31.9. The summed E-state index contributed by atoms with van der Waals surface area (Å²) in [6.45, 7) is 3.09. The van der Waals surface area contributed by atoms with Crippen LogP contribution in [-0.4, -0.2) is 85.0 Å². The summed E-state index contributed by atoms with van der Waals surface area (Å²) in [5.41, 5.74) is 1.29. The van der Waals surface area contributed by atoms with Crippen molar-refractivity contribution in [2.45, 2.75) is 17.7 Å². The van der Waals surface area contributed by atoms with Crippen LogP contribution in [0.1, 0.15) is 39.3 Å². The first-order valence-corrected chi connectivity index (χ1v) is 12.1. The number of Topliss-reactive ketones (excluding diaryl/α,β-unsaturated/α-hetero) is 1. The number of ketones is 1. The molecule has 2 saturated heterocycles. The molecule has 0 atom stereocenters. The van der Waals surface area contributed by atoms with E-state index in [1.807, 2.05) is 11.0 Å². The Labute approximate surface area is 187 Å². The van der Waals surface area contributed by atoms with Gasteiger partial charge in [0.05, 0.1) is 23.1 Å². The zero-order valence-corrected chi connectivity index (χ0v) is 18.5. The SMILES string of the molecule is N#Cc1ccc(S(=O)(=O)N2CCN(CC(=O)c3c[nH]c(C(=O)N4CCCC4)c3)CC2)cc1. The number of aromatic amines is 1. The standard InChI is InChI=1S/C22H25N5O4S/c23-14-17-3-5-19(6-4-17)32(30,31)27-11-9-25(10-12-27)16-21(28)18-13-20(24-15-18)22(29)26-7-1-2-8-26/h3-6,13,15,24H,1-2,7-12,16H2. The number of likely N-dealkylation sites (tertiary alicyclic amines) is 1. The molecule has 1 aromatic carbocycles. The van der Waals surface area contributed by atoms with E-state index >= 15 is 0 Å². The van der Waals surface area contributed by atoms with Crippen LogP contribution in [0, 0.1) is 11.3 Å². The maximum atomic E-state index is 12.8. The molecule has 4 rings (SSSR count). The molecule has 0 radical (unpaired) electrons. The van der Waals surface area contributed by atoms with Gasteiger partial charge in [0, 0.05) is 51.0 Å². The number of sulfonamides is 1. The van der Waals surface area contributed by atoms with E-state index in [0.29, 0.717) is 29.9 Å². The third-order valence-electron chi connectivity index (χ3n) is 5.95. The van der Waals surface area contributed by atoms with Gasteiger partial charge in [-0.25, -0.2) is 8.42 Å². The Kier molecular flexibility index (Phi) is 6.41. The Bertz CT molecular complexity index is 1140. The van der Waals surface area contributed by atoms with Crippen LogP contribution in [0.4, 0.5) is 0 Å². The van der Waals surface area contributed by atoms with E-state index in [1.54, 1.807) is 17.2 Å². The van der Waals surface area contributed by atoms with Crippen molar-refractivity contribution >= 4 is 21.7 Å². The highest BCUT2D eigenvalue weighted by Gasteiger charge is 2.29. The molecule has 2 aliphatic rings. The van der Waals surface area contributed by atoms with Crippen molar-refractivity contribution in [3.63, 3.8) is 0 Å². The number of aromatic nitrogens is 1. The zero-order valence-electron chi connectivity index (χ0n) is 17.7. The number of nitrogens with zero attached hydrogens (tertiary/aromatic N) is 4. The predicted molar refractivity (Wildman–Crippen MR) is 117 cm³/mol. The fourth-order valence-corrected chi connectivity index (χ4v) is 5.46. The molecule has 32 heavy (non-hydrogen) atoms. The lowest BCUT2D eigenvalue weighted by Crippen LogP contribution is -2.49. The molecule has 1 amide bonds. The smallest absolute Gasteiger partial charge is 0.270 e. The molecule has 1 aromatic heterocycles. The number of hydrogen-bond acceptors (Lipinski definition) is 6. The van der Waals surface area contributed by atoms with Gasteiger partial charge in [-0.15, -0.1) is 0 Å². The van der Waals surface area contributed by atoms with Crippen LogP contribution in [0.15, 0.2) is 41.4 Å². The van der Waals surface area contributed by atoms with Crippen LogP contribution >= 0.6 is 0 Å². The van der Waals surface area contributed by atoms with Gasteiger partial charge in [-0.2, -0.15) is 9.57 Å². The van der Waals surface area contributed by atoms with E-state index in [2.05, 4.69) is 4.98 Å². The van der Waals surface area contributed by atoms with Crippen molar-refractivity contribution in [3.05, 3.63) is 53.3 Å². The number of rotatable bonds is 6. The summed E-state index contributed by atoms with van der Waals surface area (Å²) in [7, 11) is -3.64. The fraction of sp³-hybridized carbons (Fsp3) is 0.409. The van der Waals surface area contributed by atoms with Crippen LogP contribution < -0.4 is 0 Å². The molecule has 0 aliphatic carbocycles. The highest BCUT2D eigenvalue weighted by atomic mass is 32.2. The average Bonchev–Trinajstić information content (AvgIpc) is 3.52. The molecule has 2 aromatic rings. The van der Waals surface area contributed by atoms with Crippen molar-refractivity contribution in [1.29, 1.82) is 5.26 Å². The fourth-order valence-electron chi connectivity index (χ4n) is 4.04. The van der Waals surface area contributed by atoms with Crippen LogP contribution in [0.5, 0.6) is 0 Å². The predicted octanol–water partition coefficient (Wildman–Crippen LogP) is 1.31. The highest BCUT2D eigenvalue weighted by Crippen LogP contribution is 2.19. The third kappa shape index (κ3) is 4.60. The number of carbonyl (C=O) groups is 2. The van der Waals surface area contributed by atoms with E-state index in [4.69, 9.17) is 5.26 Å². The minimum absolute atomic E-state index is 0.0804. The van der Waals surface area contributed by atoms with Gasteiger partial charge in [-0.1, -0.05) is 0 Å². The van der Waals surface area contributed by atoms with Gasteiger partial charge < -0.3 is 9.88 Å². The number of benzene rings is 1. The molecule has 0 spiro atoms. The molecule has 10 heteroatoms. The van der Waals surface area contributed by atoms with E-state index in [0.717, 1.165) is 25.9 Å². The Morgan fingerprint density at radius 3 is 2.28 bits per heavy atom. The van der Waals surface area contributed by atoms with Crippen LogP contribution in [0.25, 0.3) is 0 Å². The van der Waals surface area contributed by atoms with Gasteiger partial charge in [0.25, 0.3) is 5.91 Å². The Morgan fingerprint density at radius 1 is 1.00 bits per heavy atom. The monoisotopic (exact) mass is 455 g/mol. The lowest BCUT2D eigenvalue weighted by atomic mass is 10.2. The van der Waals surface area contributed by atoms with Crippen molar-refractivity contribution in [2.75, 3.05) is 45.8 Å². The first-order valence-electron chi connectivity index (χ1n) is 10.6. The van der Waals surface area contributed by atoms with Crippen molar-refractivity contribution in [3.8, 4) is 6.07 Å². The number of hydrogen-bond donors (Lipinski definition) is 1. The molecule has 2 aliphatic heterocycles. The molecular weight excluding hydrogens is 430 g/mol. The molecule has 168 valence electrons. The second kappa shape index (κ2) is 9.24. The summed E-state index contributed by atoms with van der Waals surface area (Å²) in [5.74, 6) is -0.187. The summed E-state index contributed by atoms with van der Waals surface area (Å²) in [6, 6.07) is 9.44. The van der Waals surface area contributed by atoms with Crippen molar-refractivity contribution < 1.29 is 18.0 Å². The van der Waals surface area contributed by atoms with Crippen molar-refractivity contribution in [1.82, 2.24) is 19.1 Å². The average molecular weight is 456 g/mol. The Balaban J connectivity index is 1.32. The summed E-state index contributed by atoms with van der Waals surface area (Å²) in [6.07, 6.45) is 3.58. The minimum Gasteiger partial charge on any atom is -0.356 e. The maximum absolute atomic E-state index is 12.8. The van der Waals surface area contributed by atoms with E-state index in [-0.39, 0.29) is 36.2 Å². The molecule has 1 N–H and O–H groups in total. The van der Waals surface area contributed by atoms with Gasteiger partial charge in [0.2, 0.25) is 10.0 Å². The van der Waals surface area contributed by atoms with Gasteiger partial charge in [-0.3, -0.25) is 14.5 Å². The van der Waals surface area contributed by atoms with E-state index in [9.17, 15) is 18.0 Å². The van der Waals surface area contributed by atoms with Crippen LogP contribution in [0.2, 0.25) is 0 Å². The van der Waals surface area contributed by atoms with Crippen LogP contribution in [0.3, 0.4) is 0 Å². The van der Waals surface area contributed by atoms with Gasteiger partial charge in [-0.05, 0) is 43.2 Å². The molecule has 0 saturated carbocycles. The zero-order chi connectivity index (χ0) is 22.7. The second-order valence-corrected chi connectivity index (χ2v) is 9.98. The third-order valence-corrected chi connectivity index (χ3v) is 7.86. The number of nitriles is 1. The lowest BCUT2D eigenvalue weighted by molar-refractivity contribution is 0.0787. The summed E-state index contributed by atoms with van der Waals surface area (Å²) in [5, 5.41) is 8.88. The van der Waals surface area contributed by atoms with Gasteiger partial charge in [0.15, 0.2) is 5.78 Å². The summed E-state index contributed by atoms with van der Waals surface area (Å²) < 4.78 is 27.1. The van der Waals surface area contributed by atoms with E-state index in [1.165, 1.54) is 28.6 Å². The maximum Gasteiger partial charge on any atom is 0.270 e. The molecular formula is C22H25N5O4S. The number of amides is 1. The van der Waals surface area contributed by atoms with Crippen LogP contribution in [-0.2, 0) is 10.0 Å². The lowest BCUT2D eigenvalue weighted by Gasteiger charge is -2.33. The first-order chi connectivity index (χ1) is 15.4. The number of nitrogens with one attached hydrogen (secondary N) is 1. The first kappa shape index (κ1) is 22.2. The van der Waals surface area contributed by atoms with Crippen molar-refractivity contribution in [2.24, 2.45) is 0 Å². The summed E-state index contributed by atoms with van der Waals surface area (Å²) >= 11 is 0. The number of carbonyl (C=O) groups excluding carboxylic acids is 2. The number of piperazine rings is 1. The number of H-pyrrole nitrogens is 1. The van der Waals surface area contributed by atoms with E-state index < -0.39 is 10.0 Å². The van der Waals surface area contributed by atoms with Gasteiger partial charge >= 0.3 is 0 Å². The highest BCUT2D eigenvalue weighted by molar-refractivity contribution is 7.89. The molecule has 2 fully saturated rings. The molecule has 0 bridgehead atoms. The molecule has 3 heterocycles. The topological polar surface area (TPSA) is 118 Å². The molecule has 0 unspecified atom stereocenters. The molecule has 9 nitrogen and oxygen atoms in total. The Hall–Kier alpha value is -3.00. The Morgan fingerprint density at radius 2 is 1.66 bits per heavy atom. The minimum atomic E-state index is -3.64. The normalized spacial score (nSPS) is 17.9.